The van der Waals surface area contributed by atoms with Crippen LogP contribution in [-0.4, -0.2) is 45.2 Å². The van der Waals surface area contributed by atoms with E-state index in [2.05, 4.69) is 33.3 Å². The SMILES string of the molecule is COc1cccn2c(CC3CCCCN3C(C)C)nnc12. The second-order valence-electron chi connectivity index (χ2n) is 6.07. The lowest BCUT2D eigenvalue weighted by Gasteiger charge is -2.38. The summed E-state index contributed by atoms with van der Waals surface area (Å²) in [5.74, 6) is 1.81. The van der Waals surface area contributed by atoms with E-state index in [1.54, 1.807) is 7.11 Å². The van der Waals surface area contributed by atoms with E-state index in [-0.39, 0.29) is 0 Å². The molecule has 0 saturated carbocycles. The summed E-state index contributed by atoms with van der Waals surface area (Å²) in [6, 6.07) is 5.07. The summed E-state index contributed by atoms with van der Waals surface area (Å²) in [6.45, 7) is 5.76. The molecule has 1 aliphatic heterocycles. The van der Waals surface area contributed by atoms with Gasteiger partial charge in [0.05, 0.1) is 7.11 Å². The van der Waals surface area contributed by atoms with Gasteiger partial charge in [0.1, 0.15) is 5.82 Å². The predicted octanol–water partition coefficient (Wildman–Crippen LogP) is 2.54. The third-order valence-electron chi connectivity index (χ3n) is 4.44. The minimum atomic E-state index is 0.567. The van der Waals surface area contributed by atoms with Gasteiger partial charge in [-0.15, -0.1) is 10.2 Å². The molecule has 1 unspecified atom stereocenters. The first kappa shape index (κ1) is 14.3. The molecule has 1 saturated heterocycles. The second-order valence-corrected chi connectivity index (χ2v) is 6.07. The molecular weight excluding hydrogens is 264 g/mol. The van der Waals surface area contributed by atoms with Crippen molar-refractivity contribution in [1.29, 1.82) is 0 Å². The van der Waals surface area contributed by atoms with E-state index < -0.39 is 0 Å². The molecular formula is C16H24N4O. The van der Waals surface area contributed by atoms with Gasteiger partial charge in [-0.3, -0.25) is 9.30 Å². The molecule has 2 aromatic rings. The highest BCUT2D eigenvalue weighted by Gasteiger charge is 2.26. The molecule has 0 amide bonds. The van der Waals surface area contributed by atoms with Gasteiger partial charge in [0.2, 0.25) is 5.65 Å². The maximum absolute atomic E-state index is 5.36. The van der Waals surface area contributed by atoms with Gasteiger partial charge >= 0.3 is 0 Å². The summed E-state index contributed by atoms with van der Waals surface area (Å²) < 4.78 is 7.42. The minimum absolute atomic E-state index is 0.567. The van der Waals surface area contributed by atoms with Crippen molar-refractivity contribution < 1.29 is 4.74 Å². The third-order valence-corrected chi connectivity index (χ3v) is 4.44. The number of methoxy groups -OCH3 is 1. The summed E-state index contributed by atoms with van der Waals surface area (Å²) in [6.07, 6.45) is 6.84. The van der Waals surface area contributed by atoms with Gasteiger partial charge in [-0.25, -0.2) is 0 Å². The molecule has 0 N–H and O–H groups in total. The number of hydrogen-bond donors (Lipinski definition) is 0. The Bertz CT molecular complexity index is 607. The Kier molecular flexibility index (Phi) is 4.10. The highest BCUT2D eigenvalue weighted by atomic mass is 16.5. The fraction of sp³-hybridized carbons (Fsp3) is 0.625. The van der Waals surface area contributed by atoms with Crippen molar-refractivity contribution in [3.63, 3.8) is 0 Å². The number of hydrogen-bond acceptors (Lipinski definition) is 4. The Morgan fingerprint density at radius 3 is 2.95 bits per heavy atom. The molecule has 1 aliphatic rings. The molecule has 1 atom stereocenters. The number of nitrogens with zero attached hydrogens (tertiary/aromatic N) is 4. The van der Waals surface area contributed by atoms with Crippen LogP contribution in [0.3, 0.4) is 0 Å². The van der Waals surface area contributed by atoms with E-state index in [1.165, 1.54) is 25.8 Å². The molecule has 0 aliphatic carbocycles. The largest absolute Gasteiger partial charge is 0.493 e. The lowest BCUT2D eigenvalue weighted by Crippen LogP contribution is -2.45. The fourth-order valence-corrected chi connectivity index (χ4v) is 3.37. The Balaban J connectivity index is 1.87. The van der Waals surface area contributed by atoms with Gasteiger partial charge in [0.25, 0.3) is 0 Å². The lowest BCUT2D eigenvalue weighted by atomic mass is 9.97. The van der Waals surface area contributed by atoms with Crippen molar-refractivity contribution in [3.05, 3.63) is 24.2 Å². The summed E-state index contributed by atoms with van der Waals surface area (Å²) in [7, 11) is 1.67. The summed E-state index contributed by atoms with van der Waals surface area (Å²) >= 11 is 0. The first-order chi connectivity index (χ1) is 10.2. The minimum Gasteiger partial charge on any atom is -0.493 e. The number of fused-ring (bicyclic) bond motifs is 1. The standard InChI is InChI=1S/C16H24N4O/c1-12(2)19-9-5-4-7-13(19)11-15-17-18-16-14(21-3)8-6-10-20(15)16/h6,8,10,12-13H,4-5,7,9,11H2,1-3H3. The van der Waals surface area contributed by atoms with Crippen LogP contribution in [0.1, 0.15) is 38.9 Å². The smallest absolute Gasteiger partial charge is 0.203 e. The lowest BCUT2D eigenvalue weighted by molar-refractivity contribution is 0.110. The van der Waals surface area contributed by atoms with Crippen LogP contribution < -0.4 is 4.74 Å². The average Bonchev–Trinajstić information content (AvgIpc) is 2.91. The second kappa shape index (κ2) is 6.02. The number of aromatic nitrogens is 3. The van der Waals surface area contributed by atoms with E-state index in [1.807, 2.05) is 18.3 Å². The third kappa shape index (κ3) is 2.75. The van der Waals surface area contributed by atoms with Crippen LogP contribution in [0.5, 0.6) is 5.75 Å². The van der Waals surface area contributed by atoms with Crippen LogP contribution in [0.15, 0.2) is 18.3 Å². The zero-order valence-corrected chi connectivity index (χ0v) is 13.1. The zero-order valence-electron chi connectivity index (χ0n) is 13.1. The van der Waals surface area contributed by atoms with Gasteiger partial charge in [-0.05, 0) is 45.4 Å². The van der Waals surface area contributed by atoms with Crippen LogP contribution in [0.4, 0.5) is 0 Å². The van der Waals surface area contributed by atoms with Gasteiger partial charge in [-0.2, -0.15) is 0 Å². The Morgan fingerprint density at radius 1 is 1.33 bits per heavy atom. The highest BCUT2D eigenvalue weighted by molar-refractivity contribution is 5.53. The van der Waals surface area contributed by atoms with E-state index >= 15 is 0 Å². The maximum Gasteiger partial charge on any atom is 0.203 e. The van der Waals surface area contributed by atoms with Gasteiger partial charge in [-0.1, -0.05) is 6.42 Å². The molecule has 2 aromatic heterocycles. The summed E-state index contributed by atoms with van der Waals surface area (Å²) in [5, 5.41) is 8.69. The molecule has 114 valence electrons. The Morgan fingerprint density at radius 2 is 2.19 bits per heavy atom. The molecule has 1 fully saturated rings. The van der Waals surface area contributed by atoms with Crippen molar-refractivity contribution in [1.82, 2.24) is 19.5 Å². The molecule has 0 spiro atoms. The molecule has 3 rings (SSSR count). The van der Waals surface area contributed by atoms with Crippen LogP contribution in [-0.2, 0) is 6.42 Å². The number of pyridine rings is 1. The molecule has 0 aromatic carbocycles. The normalized spacial score (nSPS) is 20.3. The monoisotopic (exact) mass is 288 g/mol. The first-order valence-electron chi connectivity index (χ1n) is 7.83. The number of ether oxygens (including phenoxy) is 1. The van der Waals surface area contributed by atoms with Crippen molar-refractivity contribution in [2.45, 2.75) is 51.6 Å². The molecule has 5 heteroatoms. The van der Waals surface area contributed by atoms with E-state index in [4.69, 9.17) is 4.74 Å². The molecule has 3 heterocycles. The highest BCUT2D eigenvalue weighted by Crippen LogP contribution is 2.24. The van der Waals surface area contributed by atoms with E-state index in [0.717, 1.165) is 23.6 Å². The predicted molar refractivity (Wildman–Crippen MR) is 82.7 cm³/mol. The Labute approximate surface area is 125 Å². The number of likely N-dealkylation sites (tertiary alicyclic amines) is 1. The molecule has 0 bridgehead atoms. The van der Waals surface area contributed by atoms with Crippen molar-refractivity contribution in [2.75, 3.05) is 13.7 Å². The topological polar surface area (TPSA) is 42.7 Å². The molecule has 21 heavy (non-hydrogen) atoms. The van der Waals surface area contributed by atoms with Crippen molar-refractivity contribution >= 4 is 5.65 Å². The van der Waals surface area contributed by atoms with Crippen LogP contribution in [0.25, 0.3) is 5.65 Å². The number of rotatable bonds is 4. The van der Waals surface area contributed by atoms with Crippen LogP contribution >= 0.6 is 0 Å². The van der Waals surface area contributed by atoms with Crippen LogP contribution in [0, 0.1) is 0 Å². The quantitative estimate of drug-likeness (QED) is 0.867. The van der Waals surface area contributed by atoms with E-state index in [0.29, 0.717) is 12.1 Å². The van der Waals surface area contributed by atoms with Gasteiger partial charge in [0.15, 0.2) is 5.75 Å². The fourth-order valence-electron chi connectivity index (χ4n) is 3.37. The first-order valence-corrected chi connectivity index (χ1v) is 7.83. The van der Waals surface area contributed by atoms with Gasteiger partial charge < -0.3 is 4.74 Å². The van der Waals surface area contributed by atoms with E-state index in [9.17, 15) is 0 Å². The molecule has 0 radical (unpaired) electrons. The average molecular weight is 288 g/mol. The molecule has 5 nitrogen and oxygen atoms in total. The summed E-state index contributed by atoms with van der Waals surface area (Å²) in [4.78, 5) is 2.60. The van der Waals surface area contributed by atoms with Crippen molar-refractivity contribution in [2.24, 2.45) is 0 Å². The maximum atomic E-state index is 5.36. The van der Waals surface area contributed by atoms with Gasteiger partial charge in [0, 0.05) is 24.7 Å². The van der Waals surface area contributed by atoms with Crippen LogP contribution in [0.2, 0.25) is 0 Å². The Hall–Kier alpha value is -1.62. The zero-order chi connectivity index (χ0) is 14.8. The number of piperidine rings is 1. The summed E-state index contributed by atoms with van der Waals surface area (Å²) in [5.41, 5.74) is 0.807. The van der Waals surface area contributed by atoms with Crippen molar-refractivity contribution in [3.8, 4) is 5.75 Å².